The number of hydrogen-bond donors (Lipinski definition) is 1. The Hall–Kier alpha value is -1.94. The second kappa shape index (κ2) is 5.21. The Morgan fingerprint density at radius 2 is 1.80 bits per heavy atom. The Morgan fingerprint density at radius 1 is 1.10 bits per heavy atom. The van der Waals surface area contributed by atoms with Gasteiger partial charge in [-0.2, -0.15) is 0 Å². The zero-order valence-electron chi connectivity index (χ0n) is 10.7. The van der Waals surface area contributed by atoms with Gasteiger partial charge in [0.25, 0.3) is 0 Å². The average molecular weight is 276 g/mol. The molecule has 1 aliphatic rings. The van der Waals surface area contributed by atoms with Crippen molar-refractivity contribution in [2.24, 2.45) is 5.92 Å². The van der Waals surface area contributed by atoms with Crippen LogP contribution in [0, 0.1) is 17.6 Å². The van der Waals surface area contributed by atoms with E-state index in [9.17, 15) is 13.9 Å². The number of para-hydroxylation sites is 1. The first kappa shape index (κ1) is 13.1. The number of aliphatic hydroxyl groups is 1. The molecule has 0 saturated carbocycles. The fraction of sp³-hybridized carbons (Fsp3) is 0.250. The van der Waals surface area contributed by atoms with E-state index in [1.54, 1.807) is 0 Å². The Balaban J connectivity index is 1.83. The summed E-state index contributed by atoms with van der Waals surface area (Å²) in [5, 5.41) is 10.3. The second-order valence-corrected chi connectivity index (χ2v) is 5.03. The number of ether oxygens (including phenoxy) is 1. The lowest BCUT2D eigenvalue weighted by Gasteiger charge is -2.29. The highest BCUT2D eigenvalue weighted by Gasteiger charge is 2.27. The molecule has 1 heterocycles. The molecule has 20 heavy (non-hydrogen) atoms. The summed E-state index contributed by atoms with van der Waals surface area (Å²) < 4.78 is 32.0. The molecule has 3 rings (SSSR count). The summed E-state index contributed by atoms with van der Waals surface area (Å²) in [4.78, 5) is 0. The standard InChI is InChI=1S/C16H14F2O2/c17-13-6-11(7-14(18)8-13)16(19)12-5-10-3-1-2-4-15(10)20-9-12/h1-4,6-8,12,16,19H,5,9H2. The van der Waals surface area contributed by atoms with Gasteiger partial charge in [-0.05, 0) is 35.7 Å². The summed E-state index contributed by atoms with van der Waals surface area (Å²) in [5.41, 5.74) is 1.25. The predicted molar refractivity (Wildman–Crippen MR) is 70.4 cm³/mol. The van der Waals surface area contributed by atoms with Crippen LogP contribution in [0.25, 0.3) is 0 Å². The molecule has 2 atom stereocenters. The number of hydrogen-bond acceptors (Lipinski definition) is 2. The summed E-state index contributed by atoms with van der Waals surface area (Å²) in [5.74, 6) is -0.778. The van der Waals surface area contributed by atoms with E-state index in [1.807, 2.05) is 24.3 Å². The van der Waals surface area contributed by atoms with Crippen LogP contribution < -0.4 is 4.74 Å². The van der Waals surface area contributed by atoms with Crippen molar-refractivity contribution in [2.75, 3.05) is 6.61 Å². The third-order valence-corrected chi connectivity index (χ3v) is 3.58. The Labute approximate surface area is 115 Å². The second-order valence-electron chi connectivity index (χ2n) is 5.03. The van der Waals surface area contributed by atoms with Gasteiger partial charge in [0.15, 0.2) is 0 Å². The minimum absolute atomic E-state index is 0.217. The van der Waals surface area contributed by atoms with Crippen LogP contribution in [0.4, 0.5) is 8.78 Å². The maximum Gasteiger partial charge on any atom is 0.126 e. The first-order valence-electron chi connectivity index (χ1n) is 6.48. The molecule has 2 aromatic rings. The minimum atomic E-state index is -0.950. The van der Waals surface area contributed by atoms with E-state index in [-0.39, 0.29) is 11.5 Å². The number of rotatable bonds is 2. The topological polar surface area (TPSA) is 29.5 Å². The number of aliphatic hydroxyl groups excluding tert-OH is 1. The van der Waals surface area contributed by atoms with Crippen molar-refractivity contribution in [3.05, 3.63) is 65.2 Å². The van der Waals surface area contributed by atoms with Gasteiger partial charge in [-0.15, -0.1) is 0 Å². The van der Waals surface area contributed by atoms with Crippen LogP contribution in [-0.4, -0.2) is 11.7 Å². The summed E-state index contributed by atoms with van der Waals surface area (Å²) in [7, 11) is 0. The quantitative estimate of drug-likeness (QED) is 0.912. The third kappa shape index (κ3) is 2.51. The molecule has 2 nitrogen and oxygen atoms in total. The van der Waals surface area contributed by atoms with Gasteiger partial charge in [-0.25, -0.2) is 8.78 Å². The van der Waals surface area contributed by atoms with Gasteiger partial charge in [-0.3, -0.25) is 0 Å². The molecule has 0 radical (unpaired) electrons. The molecule has 0 saturated heterocycles. The predicted octanol–water partition coefficient (Wildman–Crippen LogP) is 3.25. The molecule has 1 aliphatic heterocycles. The Kier molecular flexibility index (Phi) is 3.40. The van der Waals surface area contributed by atoms with E-state index < -0.39 is 17.7 Å². The molecule has 0 bridgehead atoms. The van der Waals surface area contributed by atoms with Gasteiger partial charge in [0.2, 0.25) is 0 Å². The zero-order chi connectivity index (χ0) is 14.1. The molecular formula is C16H14F2O2. The molecular weight excluding hydrogens is 262 g/mol. The molecule has 2 unspecified atom stereocenters. The van der Waals surface area contributed by atoms with Crippen LogP contribution in [0.5, 0.6) is 5.75 Å². The van der Waals surface area contributed by atoms with Gasteiger partial charge < -0.3 is 9.84 Å². The first-order valence-corrected chi connectivity index (χ1v) is 6.48. The minimum Gasteiger partial charge on any atom is -0.493 e. The highest BCUT2D eigenvalue weighted by Crippen LogP contribution is 2.33. The summed E-state index contributed by atoms with van der Waals surface area (Å²) in [6.45, 7) is 0.330. The fourth-order valence-electron chi connectivity index (χ4n) is 2.57. The van der Waals surface area contributed by atoms with Gasteiger partial charge in [0.1, 0.15) is 17.4 Å². The number of fused-ring (bicyclic) bond motifs is 1. The van der Waals surface area contributed by atoms with Crippen LogP contribution in [0.1, 0.15) is 17.2 Å². The van der Waals surface area contributed by atoms with Crippen molar-refractivity contribution >= 4 is 0 Å². The van der Waals surface area contributed by atoms with E-state index in [1.165, 1.54) is 0 Å². The van der Waals surface area contributed by atoms with E-state index in [0.29, 0.717) is 13.0 Å². The average Bonchev–Trinajstić information content (AvgIpc) is 2.45. The van der Waals surface area contributed by atoms with Crippen LogP contribution >= 0.6 is 0 Å². The van der Waals surface area contributed by atoms with Crippen molar-refractivity contribution in [2.45, 2.75) is 12.5 Å². The monoisotopic (exact) mass is 276 g/mol. The normalized spacial score (nSPS) is 19.1. The summed E-state index contributed by atoms with van der Waals surface area (Å²) in [6.07, 6.45) is -0.330. The van der Waals surface area contributed by atoms with Crippen molar-refractivity contribution in [3.8, 4) is 5.75 Å². The SMILES string of the molecule is OC(c1cc(F)cc(F)c1)C1COc2ccccc2C1. The highest BCUT2D eigenvalue weighted by molar-refractivity contribution is 5.35. The lowest BCUT2D eigenvalue weighted by Crippen LogP contribution is -2.26. The molecule has 0 spiro atoms. The largest absolute Gasteiger partial charge is 0.493 e. The molecule has 0 amide bonds. The van der Waals surface area contributed by atoms with Gasteiger partial charge in [0.05, 0.1) is 12.7 Å². The fourth-order valence-corrected chi connectivity index (χ4v) is 2.57. The van der Waals surface area contributed by atoms with Crippen LogP contribution in [0.2, 0.25) is 0 Å². The highest BCUT2D eigenvalue weighted by atomic mass is 19.1. The van der Waals surface area contributed by atoms with Crippen LogP contribution in [0.3, 0.4) is 0 Å². The van der Waals surface area contributed by atoms with E-state index in [0.717, 1.165) is 29.5 Å². The molecule has 104 valence electrons. The lowest BCUT2D eigenvalue weighted by atomic mass is 9.88. The van der Waals surface area contributed by atoms with Crippen LogP contribution in [0.15, 0.2) is 42.5 Å². The molecule has 0 aromatic heterocycles. The molecule has 2 aromatic carbocycles. The molecule has 0 fully saturated rings. The molecule has 4 heteroatoms. The number of benzene rings is 2. The Morgan fingerprint density at radius 3 is 2.55 bits per heavy atom. The number of halogens is 2. The smallest absolute Gasteiger partial charge is 0.126 e. The van der Waals surface area contributed by atoms with E-state index in [2.05, 4.69) is 0 Å². The zero-order valence-corrected chi connectivity index (χ0v) is 10.7. The van der Waals surface area contributed by atoms with Gasteiger partial charge >= 0.3 is 0 Å². The van der Waals surface area contributed by atoms with E-state index >= 15 is 0 Å². The van der Waals surface area contributed by atoms with Crippen molar-refractivity contribution in [3.63, 3.8) is 0 Å². The molecule has 1 N–H and O–H groups in total. The first-order chi connectivity index (χ1) is 9.63. The maximum absolute atomic E-state index is 13.2. The summed E-state index contributed by atoms with van der Waals surface area (Å²) in [6, 6.07) is 10.7. The van der Waals surface area contributed by atoms with E-state index in [4.69, 9.17) is 4.74 Å². The maximum atomic E-state index is 13.2. The lowest BCUT2D eigenvalue weighted by molar-refractivity contribution is 0.0640. The van der Waals surface area contributed by atoms with Crippen molar-refractivity contribution in [1.82, 2.24) is 0 Å². The molecule has 0 aliphatic carbocycles. The van der Waals surface area contributed by atoms with Crippen molar-refractivity contribution < 1.29 is 18.6 Å². The van der Waals surface area contributed by atoms with Crippen molar-refractivity contribution in [1.29, 1.82) is 0 Å². The summed E-state index contributed by atoms with van der Waals surface area (Å²) >= 11 is 0. The Bertz CT molecular complexity index is 607. The van der Waals surface area contributed by atoms with Gasteiger partial charge in [-0.1, -0.05) is 18.2 Å². The van der Waals surface area contributed by atoms with Gasteiger partial charge in [0, 0.05) is 12.0 Å². The third-order valence-electron chi connectivity index (χ3n) is 3.58. The van der Waals surface area contributed by atoms with Crippen LogP contribution in [-0.2, 0) is 6.42 Å².